The first-order valence-corrected chi connectivity index (χ1v) is 12.1. The van der Waals surface area contributed by atoms with Crippen molar-refractivity contribution >= 4 is 28.4 Å². The average molecular weight is 492 g/mol. The van der Waals surface area contributed by atoms with Gasteiger partial charge in [0.05, 0.1) is 59.3 Å². The summed E-state index contributed by atoms with van der Waals surface area (Å²) in [6.07, 6.45) is 3.86. The van der Waals surface area contributed by atoms with Crippen LogP contribution >= 0.6 is 0 Å². The number of aromatic nitrogens is 3. The molecule has 2 aromatic carbocycles. The molecule has 3 aliphatic rings. The van der Waals surface area contributed by atoms with E-state index in [1.807, 2.05) is 54.6 Å². The zero-order valence-corrected chi connectivity index (χ0v) is 20.5. The van der Waals surface area contributed by atoms with Gasteiger partial charge in [-0.25, -0.2) is 14.8 Å². The van der Waals surface area contributed by atoms with Gasteiger partial charge in [0, 0.05) is 11.9 Å². The molecule has 6 rings (SSSR count). The number of fused-ring (bicyclic) bond motifs is 2. The van der Waals surface area contributed by atoms with Crippen LogP contribution < -0.4 is 15.4 Å². The second-order valence-electron chi connectivity index (χ2n) is 8.88. The lowest BCUT2D eigenvalue weighted by Gasteiger charge is -2.20. The van der Waals surface area contributed by atoms with Crippen molar-refractivity contribution in [2.24, 2.45) is 4.99 Å². The highest BCUT2D eigenvalue weighted by atomic mass is 16.5. The molecular formula is C29H25N5O3. The maximum atomic E-state index is 12.0. The number of para-hydroxylation sites is 2. The van der Waals surface area contributed by atoms with Crippen LogP contribution in [0.2, 0.25) is 0 Å². The van der Waals surface area contributed by atoms with E-state index >= 15 is 0 Å². The number of carbonyl (C=O) groups excluding carboxylic acids is 1. The minimum atomic E-state index is -0.368. The Labute approximate surface area is 213 Å². The van der Waals surface area contributed by atoms with Gasteiger partial charge in [-0.2, -0.15) is 0 Å². The van der Waals surface area contributed by atoms with Gasteiger partial charge in [-0.1, -0.05) is 12.1 Å². The first-order chi connectivity index (χ1) is 18.1. The molecule has 1 aliphatic heterocycles. The van der Waals surface area contributed by atoms with Gasteiger partial charge in [0.1, 0.15) is 5.69 Å². The molecule has 0 atom stereocenters. The number of hydrogen-bond donors (Lipinski definition) is 1. The SMILES string of the molecule is COC(=O)c1ccc(-n2c3cc(=NC4CC4)c(Nc4cccnc4OC)cc-3nc3ccccc32)cc1. The maximum absolute atomic E-state index is 12.0. The Balaban J connectivity index is 1.59. The van der Waals surface area contributed by atoms with E-state index in [4.69, 9.17) is 19.5 Å². The Morgan fingerprint density at radius 3 is 2.57 bits per heavy atom. The van der Waals surface area contributed by atoms with Crippen LogP contribution in [0.3, 0.4) is 0 Å². The number of anilines is 2. The second kappa shape index (κ2) is 9.39. The van der Waals surface area contributed by atoms with Crippen LogP contribution in [0, 0.1) is 0 Å². The van der Waals surface area contributed by atoms with Crippen molar-refractivity contribution < 1.29 is 14.3 Å². The minimum Gasteiger partial charge on any atom is -0.480 e. The molecule has 1 N–H and O–H groups in total. The Hall–Kier alpha value is -4.72. The van der Waals surface area contributed by atoms with E-state index in [2.05, 4.69) is 20.9 Å². The molecule has 0 amide bonds. The number of pyridine rings is 1. The van der Waals surface area contributed by atoms with Gasteiger partial charge < -0.3 is 19.4 Å². The Bertz CT molecular complexity index is 1660. The number of ether oxygens (including phenoxy) is 2. The van der Waals surface area contributed by atoms with Crippen molar-refractivity contribution in [3.05, 3.63) is 89.9 Å². The number of rotatable bonds is 6. The van der Waals surface area contributed by atoms with E-state index in [9.17, 15) is 4.79 Å². The van der Waals surface area contributed by atoms with Crippen LogP contribution in [0.15, 0.2) is 84.0 Å². The number of carbonyl (C=O) groups is 1. The highest BCUT2D eigenvalue weighted by molar-refractivity contribution is 5.90. The fraction of sp³-hybridized carbons (Fsp3) is 0.172. The Morgan fingerprint density at radius 2 is 1.81 bits per heavy atom. The molecule has 184 valence electrons. The normalized spacial score (nSPS) is 13.6. The fourth-order valence-electron chi connectivity index (χ4n) is 4.39. The van der Waals surface area contributed by atoms with Crippen molar-refractivity contribution in [3.8, 4) is 23.0 Å². The summed E-state index contributed by atoms with van der Waals surface area (Å²) in [5.74, 6) is 0.139. The molecule has 8 nitrogen and oxygen atoms in total. The number of esters is 1. The van der Waals surface area contributed by atoms with Gasteiger partial charge in [0.15, 0.2) is 0 Å². The molecule has 2 aliphatic carbocycles. The van der Waals surface area contributed by atoms with Crippen molar-refractivity contribution in [1.29, 1.82) is 0 Å². The second-order valence-corrected chi connectivity index (χ2v) is 8.88. The van der Waals surface area contributed by atoms with E-state index in [1.54, 1.807) is 25.4 Å². The van der Waals surface area contributed by atoms with Gasteiger partial charge in [0.25, 0.3) is 0 Å². The van der Waals surface area contributed by atoms with Crippen molar-refractivity contribution in [3.63, 3.8) is 0 Å². The highest BCUT2D eigenvalue weighted by Crippen LogP contribution is 2.32. The summed E-state index contributed by atoms with van der Waals surface area (Å²) in [6, 6.07) is 23.6. The third-order valence-corrected chi connectivity index (χ3v) is 6.35. The lowest BCUT2D eigenvalue weighted by atomic mass is 10.1. The molecule has 0 spiro atoms. The van der Waals surface area contributed by atoms with Crippen LogP contribution in [0.4, 0.5) is 11.4 Å². The molecule has 1 saturated carbocycles. The predicted molar refractivity (Wildman–Crippen MR) is 142 cm³/mol. The molecule has 2 heterocycles. The lowest BCUT2D eigenvalue weighted by molar-refractivity contribution is 0.0600. The first-order valence-electron chi connectivity index (χ1n) is 12.1. The molecule has 37 heavy (non-hydrogen) atoms. The van der Waals surface area contributed by atoms with Crippen LogP contribution in [-0.4, -0.2) is 40.8 Å². The van der Waals surface area contributed by atoms with E-state index in [-0.39, 0.29) is 5.97 Å². The van der Waals surface area contributed by atoms with Gasteiger partial charge in [-0.15, -0.1) is 0 Å². The van der Waals surface area contributed by atoms with Gasteiger partial charge in [0.2, 0.25) is 5.88 Å². The third kappa shape index (κ3) is 4.38. The summed E-state index contributed by atoms with van der Waals surface area (Å²) in [5.41, 5.74) is 6.50. The smallest absolute Gasteiger partial charge is 0.337 e. The molecule has 1 aromatic heterocycles. The van der Waals surface area contributed by atoms with Crippen LogP contribution in [0.25, 0.3) is 28.1 Å². The Morgan fingerprint density at radius 1 is 1.00 bits per heavy atom. The van der Waals surface area contributed by atoms with Crippen LogP contribution in [0.1, 0.15) is 23.2 Å². The number of methoxy groups -OCH3 is 2. The zero-order chi connectivity index (χ0) is 25.4. The summed E-state index contributed by atoms with van der Waals surface area (Å²) in [6.45, 7) is 0. The van der Waals surface area contributed by atoms with Crippen LogP contribution in [-0.2, 0) is 4.74 Å². The summed E-state index contributed by atoms with van der Waals surface area (Å²) < 4.78 is 12.5. The summed E-state index contributed by atoms with van der Waals surface area (Å²) in [7, 11) is 2.98. The van der Waals surface area contributed by atoms with Crippen molar-refractivity contribution in [1.82, 2.24) is 14.5 Å². The van der Waals surface area contributed by atoms with E-state index in [0.29, 0.717) is 17.5 Å². The van der Waals surface area contributed by atoms with Crippen LogP contribution in [0.5, 0.6) is 5.88 Å². The molecule has 1 fully saturated rings. The van der Waals surface area contributed by atoms with Crippen molar-refractivity contribution in [2.75, 3.05) is 19.5 Å². The quantitative estimate of drug-likeness (QED) is 0.262. The van der Waals surface area contributed by atoms with E-state index in [1.165, 1.54) is 7.11 Å². The van der Waals surface area contributed by atoms with E-state index < -0.39 is 0 Å². The number of benzene rings is 3. The third-order valence-electron chi connectivity index (χ3n) is 6.35. The molecular weight excluding hydrogens is 466 g/mol. The highest BCUT2D eigenvalue weighted by Gasteiger charge is 2.22. The number of nitrogens with zero attached hydrogens (tertiary/aromatic N) is 4. The minimum absolute atomic E-state index is 0.315. The predicted octanol–water partition coefficient (Wildman–Crippen LogP) is 5.13. The standard InChI is InChI=1S/C29H25N5O3/c1-36-28-22(7-5-15-30-28)33-23-16-25-27(17-24(23)31-19-11-12-19)34(26-8-4-3-6-21(26)32-25)20-13-9-18(10-14-20)29(35)37-2/h3-10,13-17,19,33H,11-12H2,1-2H3. The zero-order valence-electron chi connectivity index (χ0n) is 20.5. The summed E-state index contributed by atoms with van der Waals surface area (Å²) in [5, 5.41) is 4.31. The lowest BCUT2D eigenvalue weighted by Crippen LogP contribution is -2.16. The number of nitrogens with one attached hydrogen (secondary N) is 1. The summed E-state index contributed by atoms with van der Waals surface area (Å²) >= 11 is 0. The monoisotopic (exact) mass is 491 g/mol. The molecule has 3 aromatic rings. The largest absolute Gasteiger partial charge is 0.480 e. The molecule has 0 saturated heterocycles. The van der Waals surface area contributed by atoms with E-state index in [0.717, 1.165) is 57.7 Å². The molecule has 8 heteroatoms. The molecule has 0 radical (unpaired) electrons. The van der Waals surface area contributed by atoms with Gasteiger partial charge in [-0.05, 0) is 73.5 Å². The van der Waals surface area contributed by atoms with Crippen molar-refractivity contribution in [2.45, 2.75) is 18.9 Å². The maximum Gasteiger partial charge on any atom is 0.337 e. The topological polar surface area (TPSA) is 90.6 Å². The van der Waals surface area contributed by atoms with Gasteiger partial charge in [-0.3, -0.25) is 4.99 Å². The molecule has 0 bridgehead atoms. The summed E-state index contributed by atoms with van der Waals surface area (Å²) in [4.78, 5) is 26.3. The Kier molecular flexibility index (Phi) is 5.76. The van der Waals surface area contributed by atoms with Gasteiger partial charge >= 0.3 is 5.97 Å². The average Bonchev–Trinajstić information content (AvgIpc) is 3.76. The fourth-order valence-corrected chi connectivity index (χ4v) is 4.39. The first kappa shape index (κ1) is 22.7. The number of hydrogen-bond acceptors (Lipinski definition) is 7. The molecule has 0 unspecified atom stereocenters.